The van der Waals surface area contributed by atoms with Crippen LogP contribution in [0.3, 0.4) is 0 Å². The van der Waals surface area contributed by atoms with Crippen LogP contribution in [0, 0.1) is 5.92 Å². The van der Waals surface area contributed by atoms with Crippen LogP contribution in [-0.4, -0.2) is 60.5 Å². The van der Waals surface area contributed by atoms with E-state index in [1.807, 2.05) is 16.7 Å². The van der Waals surface area contributed by atoms with E-state index in [-0.39, 0.29) is 23.9 Å². The van der Waals surface area contributed by atoms with Crippen molar-refractivity contribution < 1.29 is 9.59 Å². The molecule has 0 aromatic heterocycles. The van der Waals surface area contributed by atoms with E-state index in [1.54, 1.807) is 0 Å². The maximum Gasteiger partial charge on any atom is 0.317 e. The van der Waals surface area contributed by atoms with Crippen LogP contribution < -0.4 is 11.1 Å². The number of urea groups is 1. The fourth-order valence-electron chi connectivity index (χ4n) is 2.92. The summed E-state index contributed by atoms with van der Waals surface area (Å²) >= 11 is 0. The number of amides is 3. The lowest BCUT2D eigenvalue weighted by Gasteiger charge is -2.37. The zero-order valence-electron chi connectivity index (χ0n) is 11.6. The van der Waals surface area contributed by atoms with Crippen molar-refractivity contribution in [1.82, 2.24) is 15.1 Å². The van der Waals surface area contributed by atoms with Crippen molar-refractivity contribution in [3.8, 4) is 0 Å². The smallest absolute Gasteiger partial charge is 0.317 e. The number of nitrogens with two attached hydrogens (primary N) is 1. The number of hydrogen-bond donors (Lipinski definition) is 2. The molecule has 6 heteroatoms. The van der Waals surface area contributed by atoms with Crippen LogP contribution in [-0.2, 0) is 4.79 Å². The highest BCUT2D eigenvalue weighted by Crippen LogP contribution is 2.20. The first-order valence-corrected chi connectivity index (χ1v) is 7.16. The van der Waals surface area contributed by atoms with Crippen molar-refractivity contribution in [1.29, 1.82) is 0 Å². The number of likely N-dealkylation sites (tertiary alicyclic amines) is 1. The third-order valence-electron chi connectivity index (χ3n) is 4.13. The Morgan fingerprint density at radius 3 is 2.63 bits per heavy atom. The van der Waals surface area contributed by atoms with Gasteiger partial charge in [0.2, 0.25) is 5.91 Å². The molecule has 1 unspecified atom stereocenters. The van der Waals surface area contributed by atoms with Crippen LogP contribution in [0.1, 0.15) is 26.2 Å². The quantitative estimate of drug-likeness (QED) is 0.752. The maximum atomic E-state index is 12.2. The molecule has 0 aliphatic carbocycles. The summed E-state index contributed by atoms with van der Waals surface area (Å²) in [6.45, 7) is 5.53. The second-order valence-electron chi connectivity index (χ2n) is 5.46. The van der Waals surface area contributed by atoms with Crippen molar-refractivity contribution in [2.24, 2.45) is 11.7 Å². The van der Waals surface area contributed by atoms with Gasteiger partial charge in [-0.25, -0.2) is 4.79 Å². The molecule has 2 heterocycles. The van der Waals surface area contributed by atoms with Crippen molar-refractivity contribution in [3.05, 3.63) is 0 Å². The molecule has 0 aromatic carbocycles. The Balaban J connectivity index is 1.82. The van der Waals surface area contributed by atoms with Gasteiger partial charge in [0, 0.05) is 38.1 Å². The van der Waals surface area contributed by atoms with Gasteiger partial charge in [0.05, 0.1) is 0 Å². The number of carbonyl (C=O) groups excluding carboxylic acids is 2. The Hall–Kier alpha value is -1.30. The highest BCUT2D eigenvalue weighted by atomic mass is 16.2. The second-order valence-corrected chi connectivity index (χ2v) is 5.46. The van der Waals surface area contributed by atoms with Crippen LogP contribution in [0.5, 0.6) is 0 Å². The van der Waals surface area contributed by atoms with Crippen molar-refractivity contribution >= 4 is 11.9 Å². The van der Waals surface area contributed by atoms with E-state index in [9.17, 15) is 9.59 Å². The molecule has 6 nitrogen and oxygen atoms in total. The van der Waals surface area contributed by atoms with Crippen molar-refractivity contribution in [2.45, 2.75) is 32.2 Å². The summed E-state index contributed by atoms with van der Waals surface area (Å²) in [5.74, 6) is 0.214. The maximum absolute atomic E-state index is 12.2. The molecule has 0 spiro atoms. The molecule has 1 atom stereocenters. The molecule has 2 rings (SSSR count). The normalized spacial score (nSPS) is 22.5. The lowest BCUT2D eigenvalue weighted by molar-refractivity contribution is -0.136. The van der Waals surface area contributed by atoms with Crippen LogP contribution in [0.4, 0.5) is 4.79 Å². The minimum absolute atomic E-state index is 0.0108. The molecule has 3 N–H and O–H groups in total. The minimum atomic E-state index is 0.0108. The summed E-state index contributed by atoms with van der Waals surface area (Å²) in [5.41, 5.74) is 5.49. The lowest BCUT2D eigenvalue weighted by atomic mass is 10.0. The summed E-state index contributed by atoms with van der Waals surface area (Å²) in [6.07, 6.45) is 2.51. The number of rotatable bonds is 4. The van der Waals surface area contributed by atoms with E-state index in [1.165, 1.54) is 0 Å². The van der Waals surface area contributed by atoms with Crippen LogP contribution in [0.2, 0.25) is 0 Å². The fourth-order valence-corrected chi connectivity index (χ4v) is 2.92. The second kappa shape index (κ2) is 6.23. The Labute approximate surface area is 114 Å². The van der Waals surface area contributed by atoms with Gasteiger partial charge in [-0.15, -0.1) is 0 Å². The lowest BCUT2D eigenvalue weighted by Crippen LogP contribution is -2.48. The first kappa shape index (κ1) is 14.1. The first-order valence-electron chi connectivity index (χ1n) is 7.16. The number of nitrogens with one attached hydrogen (secondary N) is 1. The molecule has 3 amide bonds. The Morgan fingerprint density at radius 2 is 2.11 bits per heavy atom. The van der Waals surface area contributed by atoms with Gasteiger partial charge in [-0.1, -0.05) is 6.92 Å². The van der Waals surface area contributed by atoms with Gasteiger partial charge in [0.15, 0.2) is 0 Å². The summed E-state index contributed by atoms with van der Waals surface area (Å²) in [4.78, 5) is 27.6. The van der Waals surface area contributed by atoms with Crippen LogP contribution in [0.25, 0.3) is 0 Å². The topological polar surface area (TPSA) is 78.7 Å². The zero-order chi connectivity index (χ0) is 13.8. The average Bonchev–Trinajstić information content (AvgIpc) is 2.84. The van der Waals surface area contributed by atoms with Gasteiger partial charge >= 0.3 is 6.03 Å². The molecule has 19 heavy (non-hydrogen) atoms. The highest BCUT2D eigenvalue weighted by Gasteiger charge is 2.32. The predicted molar refractivity (Wildman–Crippen MR) is 72.5 cm³/mol. The van der Waals surface area contributed by atoms with E-state index in [4.69, 9.17) is 5.73 Å². The third kappa shape index (κ3) is 3.18. The van der Waals surface area contributed by atoms with E-state index >= 15 is 0 Å². The van der Waals surface area contributed by atoms with Crippen molar-refractivity contribution in [3.63, 3.8) is 0 Å². The molecule has 0 aromatic rings. The Bertz CT molecular complexity index is 340. The molecule has 0 saturated carbocycles. The average molecular weight is 268 g/mol. The van der Waals surface area contributed by atoms with E-state index < -0.39 is 0 Å². The predicted octanol–water partition coefficient (Wildman–Crippen LogP) is -0.0125. The van der Waals surface area contributed by atoms with Crippen LogP contribution in [0.15, 0.2) is 0 Å². The molecule has 2 aliphatic heterocycles. The largest absolute Gasteiger partial charge is 0.342 e. The summed E-state index contributed by atoms with van der Waals surface area (Å²) in [6, 6.07) is 0.331. The zero-order valence-corrected chi connectivity index (χ0v) is 11.6. The van der Waals surface area contributed by atoms with Gasteiger partial charge in [0.25, 0.3) is 0 Å². The van der Waals surface area contributed by atoms with E-state index in [0.29, 0.717) is 6.54 Å². The third-order valence-corrected chi connectivity index (χ3v) is 4.13. The molecule has 2 saturated heterocycles. The monoisotopic (exact) mass is 268 g/mol. The molecule has 108 valence electrons. The van der Waals surface area contributed by atoms with Gasteiger partial charge in [-0.3, -0.25) is 4.79 Å². The summed E-state index contributed by atoms with van der Waals surface area (Å²) < 4.78 is 0. The van der Waals surface area contributed by atoms with Gasteiger partial charge in [0.1, 0.15) is 0 Å². The molecule has 2 fully saturated rings. The highest BCUT2D eigenvalue weighted by molar-refractivity contribution is 5.79. The van der Waals surface area contributed by atoms with Crippen LogP contribution >= 0.6 is 0 Å². The summed E-state index contributed by atoms with van der Waals surface area (Å²) in [5, 5.41) is 2.83. The van der Waals surface area contributed by atoms with Gasteiger partial charge in [-0.05, 0) is 25.8 Å². The number of carbonyl (C=O) groups is 2. The number of nitrogens with zero attached hydrogens (tertiary/aromatic N) is 2. The Morgan fingerprint density at radius 1 is 1.42 bits per heavy atom. The minimum Gasteiger partial charge on any atom is -0.342 e. The van der Waals surface area contributed by atoms with E-state index in [0.717, 1.165) is 45.4 Å². The fraction of sp³-hybridized carbons (Fsp3) is 0.846. The Kier molecular flexibility index (Phi) is 4.63. The molecule has 0 bridgehead atoms. The number of hydrogen-bond acceptors (Lipinski definition) is 3. The molecular weight excluding hydrogens is 244 g/mol. The standard InChI is InChI=1S/C13H24N4O2/c1-10(2-5-14)12(18)16-7-3-11(4-8-16)17-9-6-15-13(17)19/h10-11H,2-9,14H2,1H3,(H,15,19). The van der Waals surface area contributed by atoms with Gasteiger partial charge in [-0.2, -0.15) is 0 Å². The summed E-state index contributed by atoms with van der Waals surface area (Å²) in [7, 11) is 0. The number of piperidine rings is 1. The molecular formula is C13H24N4O2. The first-order chi connectivity index (χ1) is 9.13. The van der Waals surface area contributed by atoms with Gasteiger partial charge < -0.3 is 20.9 Å². The molecule has 0 radical (unpaired) electrons. The molecule has 2 aliphatic rings. The van der Waals surface area contributed by atoms with E-state index in [2.05, 4.69) is 5.32 Å². The van der Waals surface area contributed by atoms with Crippen molar-refractivity contribution in [2.75, 3.05) is 32.7 Å². The SMILES string of the molecule is CC(CCN)C(=O)N1CCC(N2CCNC2=O)CC1.